The first-order chi connectivity index (χ1) is 13.7. The van der Waals surface area contributed by atoms with E-state index in [1.807, 2.05) is 32.9 Å². The van der Waals surface area contributed by atoms with Crippen LogP contribution in [0.2, 0.25) is 0 Å². The average molecular weight is 408 g/mol. The van der Waals surface area contributed by atoms with Gasteiger partial charge in [0.25, 0.3) is 0 Å². The van der Waals surface area contributed by atoms with Crippen molar-refractivity contribution < 1.29 is 23.9 Å². The van der Waals surface area contributed by atoms with E-state index in [9.17, 15) is 14.4 Å². The molecule has 3 amide bonds. The summed E-state index contributed by atoms with van der Waals surface area (Å²) in [7, 11) is 0. The van der Waals surface area contributed by atoms with Gasteiger partial charge in [-0.1, -0.05) is 18.6 Å². The molecule has 1 aromatic rings. The quantitative estimate of drug-likeness (QED) is 0.509. The molecule has 8 heteroatoms. The van der Waals surface area contributed by atoms with E-state index in [-0.39, 0.29) is 5.91 Å². The molecule has 0 saturated carbocycles. The molecule has 0 unspecified atom stereocenters. The highest BCUT2D eigenvalue weighted by atomic mass is 16.6. The summed E-state index contributed by atoms with van der Waals surface area (Å²) < 4.78 is 9.95. The molecule has 0 saturated heterocycles. The zero-order chi connectivity index (χ0) is 21.7. The van der Waals surface area contributed by atoms with Crippen molar-refractivity contribution >= 4 is 23.8 Å². The summed E-state index contributed by atoms with van der Waals surface area (Å²) in [6, 6.07) is 7.28. The number of anilines is 1. The highest BCUT2D eigenvalue weighted by Gasteiger charge is 2.15. The van der Waals surface area contributed by atoms with Crippen molar-refractivity contribution in [2.45, 2.75) is 65.5 Å². The van der Waals surface area contributed by atoms with Gasteiger partial charge in [0, 0.05) is 25.2 Å². The topological polar surface area (TPSA) is 106 Å². The van der Waals surface area contributed by atoms with Gasteiger partial charge in [-0.3, -0.25) is 4.79 Å². The minimum Gasteiger partial charge on any atom is -0.450 e. The van der Waals surface area contributed by atoms with Gasteiger partial charge in [-0.2, -0.15) is 0 Å². The summed E-state index contributed by atoms with van der Waals surface area (Å²) in [4.78, 5) is 34.8. The molecular formula is C21H33N3O5. The molecule has 1 rings (SSSR count). The summed E-state index contributed by atoms with van der Waals surface area (Å²) in [6.45, 7) is 8.43. The summed E-state index contributed by atoms with van der Waals surface area (Å²) in [5.41, 5.74) is 1.08. The van der Waals surface area contributed by atoms with Crippen LogP contribution in [-0.4, -0.2) is 36.8 Å². The molecule has 0 spiro atoms. The third-order valence-electron chi connectivity index (χ3n) is 3.70. The van der Waals surface area contributed by atoms with Gasteiger partial charge in [0.05, 0.1) is 6.61 Å². The molecule has 0 aliphatic carbocycles. The summed E-state index contributed by atoms with van der Waals surface area (Å²) >= 11 is 0. The molecular weight excluding hydrogens is 374 g/mol. The Labute approximate surface area is 172 Å². The van der Waals surface area contributed by atoms with Crippen LogP contribution in [0, 0.1) is 0 Å². The van der Waals surface area contributed by atoms with Crippen LogP contribution in [0.25, 0.3) is 0 Å². The number of hydrogen-bond acceptors (Lipinski definition) is 5. The number of carbonyl (C=O) groups excluding carboxylic acids is 3. The molecule has 0 heterocycles. The van der Waals surface area contributed by atoms with Crippen LogP contribution in [0.15, 0.2) is 24.3 Å². The number of carbonyl (C=O) groups is 3. The Morgan fingerprint density at radius 1 is 0.931 bits per heavy atom. The van der Waals surface area contributed by atoms with Crippen molar-refractivity contribution in [1.82, 2.24) is 10.6 Å². The van der Waals surface area contributed by atoms with Gasteiger partial charge in [0.2, 0.25) is 5.91 Å². The summed E-state index contributed by atoms with van der Waals surface area (Å²) in [6.07, 6.45) is 1.93. The maximum atomic E-state index is 12.0. The maximum Gasteiger partial charge on any atom is 0.407 e. The molecule has 0 aromatic heterocycles. The van der Waals surface area contributed by atoms with Gasteiger partial charge in [-0.05, 0) is 58.2 Å². The van der Waals surface area contributed by atoms with Crippen LogP contribution in [0.3, 0.4) is 0 Å². The molecule has 3 N–H and O–H groups in total. The molecule has 8 nitrogen and oxygen atoms in total. The number of alkyl carbamates (subject to hydrolysis) is 2. The van der Waals surface area contributed by atoms with Gasteiger partial charge in [-0.15, -0.1) is 0 Å². The van der Waals surface area contributed by atoms with Crippen molar-refractivity contribution in [3.8, 4) is 0 Å². The first kappa shape index (κ1) is 24.3. The van der Waals surface area contributed by atoms with E-state index in [1.165, 1.54) is 0 Å². The second-order valence-electron chi connectivity index (χ2n) is 7.56. The second-order valence-corrected chi connectivity index (χ2v) is 7.56. The fourth-order valence-corrected chi connectivity index (χ4v) is 2.38. The fraction of sp³-hybridized carbons (Fsp3) is 0.571. The second kappa shape index (κ2) is 12.6. The van der Waals surface area contributed by atoms with E-state index < -0.39 is 17.8 Å². The highest BCUT2D eigenvalue weighted by molar-refractivity contribution is 5.90. The van der Waals surface area contributed by atoms with Gasteiger partial charge in [0.15, 0.2) is 0 Å². The van der Waals surface area contributed by atoms with Crippen molar-refractivity contribution in [2.75, 3.05) is 18.5 Å². The molecule has 0 aliphatic rings. The normalized spacial score (nSPS) is 10.8. The number of nitrogens with one attached hydrogen (secondary N) is 3. The third kappa shape index (κ3) is 12.3. The lowest BCUT2D eigenvalue weighted by atomic mass is 10.1. The van der Waals surface area contributed by atoms with E-state index in [0.717, 1.165) is 24.8 Å². The molecule has 0 aliphatic heterocycles. The standard InChI is InChI=1S/C21H33N3O5/c1-5-28-19(26)22-14-8-6-7-9-18(25)24-17-12-10-16(11-13-17)15-23-20(27)29-21(2,3)4/h10-13H,5-9,14-15H2,1-4H3,(H,22,26)(H,23,27)(H,24,25). The summed E-state index contributed by atoms with van der Waals surface area (Å²) in [5.74, 6) is -0.0528. The van der Waals surface area contributed by atoms with Gasteiger partial charge in [-0.25, -0.2) is 9.59 Å². The highest BCUT2D eigenvalue weighted by Crippen LogP contribution is 2.12. The van der Waals surface area contributed by atoms with E-state index in [2.05, 4.69) is 16.0 Å². The monoisotopic (exact) mass is 407 g/mol. The number of unbranched alkanes of at least 4 members (excludes halogenated alkanes) is 2. The van der Waals surface area contributed by atoms with Crippen molar-refractivity contribution in [2.24, 2.45) is 0 Å². The van der Waals surface area contributed by atoms with E-state index in [1.54, 1.807) is 19.1 Å². The van der Waals surface area contributed by atoms with Crippen LogP contribution >= 0.6 is 0 Å². The van der Waals surface area contributed by atoms with E-state index in [0.29, 0.717) is 31.8 Å². The molecule has 0 fully saturated rings. The average Bonchev–Trinajstić information content (AvgIpc) is 2.63. The summed E-state index contributed by atoms with van der Waals surface area (Å²) in [5, 5.41) is 8.19. The Hall–Kier alpha value is -2.77. The van der Waals surface area contributed by atoms with E-state index >= 15 is 0 Å². The molecule has 0 radical (unpaired) electrons. The van der Waals surface area contributed by atoms with Crippen molar-refractivity contribution in [3.63, 3.8) is 0 Å². The van der Waals surface area contributed by atoms with Crippen LogP contribution < -0.4 is 16.0 Å². The van der Waals surface area contributed by atoms with Crippen LogP contribution in [0.5, 0.6) is 0 Å². The third-order valence-corrected chi connectivity index (χ3v) is 3.70. The van der Waals surface area contributed by atoms with Crippen molar-refractivity contribution in [1.29, 1.82) is 0 Å². The molecule has 0 atom stereocenters. The van der Waals surface area contributed by atoms with Crippen molar-refractivity contribution in [3.05, 3.63) is 29.8 Å². The van der Waals surface area contributed by atoms with Crippen LogP contribution in [0.4, 0.5) is 15.3 Å². The fourth-order valence-electron chi connectivity index (χ4n) is 2.38. The molecule has 162 valence electrons. The minimum atomic E-state index is -0.532. The number of ether oxygens (including phenoxy) is 2. The van der Waals surface area contributed by atoms with Crippen LogP contribution in [0.1, 0.15) is 58.9 Å². The Kier molecular flexibility index (Phi) is 10.6. The molecule has 29 heavy (non-hydrogen) atoms. The van der Waals surface area contributed by atoms with Gasteiger partial charge in [0.1, 0.15) is 5.60 Å². The van der Waals surface area contributed by atoms with Crippen LogP contribution in [-0.2, 0) is 20.8 Å². The maximum absolute atomic E-state index is 12.0. The Balaban J connectivity index is 2.21. The van der Waals surface area contributed by atoms with Gasteiger partial charge < -0.3 is 25.4 Å². The minimum absolute atomic E-state index is 0.0528. The Morgan fingerprint density at radius 2 is 1.62 bits per heavy atom. The lowest BCUT2D eigenvalue weighted by Gasteiger charge is -2.19. The smallest absolute Gasteiger partial charge is 0.407 e. The number of amides is 3. The first-order valence-corrected chi connectivity index (χ1v) is 9.96. The first-order valence-electron chi connectivity index (χ1n) is 9.96. The number of benzene rings is 1. The lowest BCUT2D eigenvalue weighted by molar-refractivity contribution is -0.116. The number of hydrogen-bond donors (Lipinski definition) is 3. The largest absolute Gasteiger partial charge is 0.450 e. The van der Waals surface area contributed by atoms with E-state index in [4.69, 9.17) is 9.47 Å². The lowest BCUT2D eigenvalue weighted by Crippen LogP contribution is -2.32. The zero-order valence-electron chi connectivity index (χ0n) is 17.8. The number of rotatable bonds is 10. The zero-order valence-corrected chi connectivity index (χ0v) is 17.8. The predicted octanol–water partition coefficient (Wildman–Crippen LogP) is 3.96. The Morgan fingerprint density at radius 3 is 2.24 bits per heavy atom. The molecule has 0 bridgehead atoms. The van der Waals surface area contributed by atoms with Gasteiger partial charge >= 0.3 is 12.2 Å². The molecule has 1 aromatic carbocycles. The SMILES string of the molecule is CCOC(=O)NCCCCCC(=O)Nc1ccc(CNC(=O)OC(C)(C)C)cc1. The predicted molar refractivity (Wildman–Crippen MR) is 112 cm³/mol. The Bertz CT molecular complexity index is 653.